The molecule has 2 rings (SSSR count). The fourth-order valence-electron chi connectivity index (χ4n) is 3.01. The van der Waals surface area contributed by atoms with Gasteiger partial charge in [-0.3, -0.25) is 9.79 Å². The molecule has 2 aromatic carbocycles. The highest BCUT2D eigenvalue weighted by molar-refractivity contribution is 5.94. The van der Waals surface area contributed by atoms with Gasteiger partial charge in [0.25, 0.3) is 5.91 Å². The van der Waals surface area contributed by atoms with E-state index >= 15 is 0 Å². The topological polar surface area (TPSA) is 56.7 Å². The van der Waals surface area contributed by atoms with Crippen LogP contribution in [0.4, 0.5) is 0 Å². The van der Waals surface area contributed by atoms with Gasteiger partial charge >= 0.3 is 0 Å². The molecule has 1 unspecified atom stereocenters. The number of carbonyl (C=O) groups is 1. The van der Waals surface area contributed by atoms with E-state index in [4.69, 9.17) is 0 Å². The fraction of sp³-hybridized carbons (Fsp3) is 0.391. The first-order chi connectivity index (χ1) is 13.6. The van der Waals surface area contributed by atoms with E-state index in [9.17, 15) is 4.79 Å². The summed E-state index contributed by atoms with van der Waals surface area (Å²) < 4.78 is 0. The SMILES string of the molecule is CCN(CC)C(=O)c1ccc(CNC(=NC)NCC(C)c2ccccc2)cc1. The fourth-order valence-corrected chi connectivity index (χ4v) is 3.01. The summed E-state index contributed by atoms with van der Waals surface area (Å²) in [6.45, 7) is 9.10. The van der Waals surface area contributed by atoms with Gasteiger partial charge in [0.2, 0.25) is 0 Å². The molecule has 2 aromatic rings. The van der Waals surface area contributed by atoms with Crippen molar-refractivity contribution in [2.45, 2.75) is 33.2 Å². The molecule has 0 aliphatic rings. The number of rotatable bonds is 8. The van der Waals surface area contributed by atoms with Gasteiger partial charge in [-0.15, -0.1) is 0 Å². The van der Waals surface area contributed by atoms with Gasteiger partial charge < -0.3 is 15.5 Å². The van der Waals surface area contributed by atoms with Crippen molar-refractivity contribution in [3.63, 3.8) is 0 Å². The van der Waals surface area contributed by atoms with E-state index < -0.39 is 0 Å². The Bertz CT molecular complexity index is 752. The van der Waals surface area contributed by atoms with Gasteiger partial charge in [0, 0.05) is 38.8 Å². The molecular formula is C23H32N4O. The Balaban J connectivity index is 1.85. The molecule has 5 heteroatoms. The average molecular weight is 381 g/mol. The van der Waals surface area contributed by atoms with E-state index in [0.29, 0.717) is 12.5 Å². The number of hydrogen-bond donors (Lipinski definition) is 2. The summed E-state index contributed by atoms with van der Waals surface area (Å²) >= 11 is 0. The van der Waals surface area contributed by atoms with Gasteiger partial charge in [-0.25, -0.2) is 0 Å². The number of aliphatic imine (C=N–C) groups is 1. The minimum absolute atomic E-state index is 0.0804. The van der Waals surface area contributed by atoms with Crippen LogP contribution in [0, 0.1) is 0 Å². The third-order valence-corrected chi connectivity index (χ3v) is 4.88. The summed E-state index contributed by atoms with van der Waals surface area (Å²) in [6, 6.07) is 18.2. The second-order valence-corrected chi connectivity index (χ2v) is 6.79. The molecule has 0 fully saturated rings. The molecule has 28 heavy (non-hydrogen) atoms. The van der Waals surface area contributed by atoms with E-state index in [1.54, 1.807) is 7.05 Å². The van der Waals surface area contributed by atoms with Crippen LogP contribution >= 0.6 is 0 Å². The van der Waals surface area contributed by atoms with Crippen LogP contribution in [-0.4, -0.2) is 43.4 Å². The molecule has 0 saturated carbocycles. The largest absolute Gasteiger partial charge is 0.356 e. The predicted molar refractivity (Wildman–Crippen MR) is 117 cm³/mol. The molecule has 1 atom stereocenters. The molecule has 1 amide bonds. The first-order valence-corrected chi connectivity index (χ1v) is 9.96. The zero-order valence-corrected chi connectivity index (χ0v) is 17.4. The molecule has 0 aromatic heterocycles. The van der Waals surface area contributed by atoms with Crippen LogP contribution in [0.2, 0.25) is 0 Å². The van der Waals surface area contributed by atoms with Crippen LogP contribution in [0.1, 0.15) is 48.2 Å². The highest BCUT2D eigenvalue weighted by atomic mass is 16.2. The van der Waals surface area contributed by atoms with Crippen LogP contribution in [0.5, 0.6) is 0 Å². The third kappa shape index (κ3) is 6.12. The van der Waals surface area contributed by atoms with Gasteiger partial charge in [-0.2, -0.15) is 0 Å². The number of nitrogens with zero attached hydrogens (tertiary/aromatic N) is 2. The number of hydrogen-bond acceptors (Lipinski definition) is 2. The molecule has 0 spiro atoms. The van der Waals surface area contributed by atoms with Crippen molar-refractivity contribution in [3.05, 3.63) is 71.3 Å². The molecule has 0 aliphatic heterocycles. The molecule has 0 saturated heterocycles. The first-order valence-electron chi connectivity index (χ1n) is 9.96. The Kier molecular flexibility index (Phi) is 8.53. The van der Waals surface area contributed by atoms with Crippen molar-refractivity contribution in [2.75, 3.05) is 26.7 Å². The Morgan fingerprint density at radius 1 is 1.00 bits per heavy atom. The summed E-state index contributed by atoms with van der Waals surface area (Å²) in [5.74, 6) is 1.24. The van der Waals surface area contributed by atoms with Crippen molar-refractivity contribution in [3.8, 4) is 0 Å². The third-order valence-electron chi connectivity index (χ3n) is 4.88. The maximum atomic E-state index is 12.4. The summed E-state index contributed by atoms with van der Waals surface area (Å²) in [7, 11) is 1.77. The maximum Gasteiger partial charge on any atom is 0.253 e. The van der Waals surface area contributed by atoms with Crippen molar-refractivity contribution >= 4 is 11.9 Å². The van der Waals surface area contributed by atoms with Gasteiger partial charge in [-0.1, -0.05) is 49.4 Å². The Morgan fingerprint density at radius 2 is 1.64 bits per heavy atom. The highest BCUT2D eigenvalue weighted by Crippen LogP contribution is 2.13. The number of amides is 1. The van der Waals surface area contributed by atoms with E-state index in [-0.39, 0.29) is 5.91 Å². The minimum Gasteiger partial charge on any atom is -0.356 e. The molecule has 150 valence electrons. The predicted octanol–water partition coefficient (Wildman–Crippen LogP) is 3.64. The van der Waals surface area contributed by atoms with Gasteiger partial charge in [-0.05, 0) is 43.0 Å². The molecule has 0 radical (unpaired) electrons. The van der Waals surface area contributed by atoms with Crippen molar-refractivity contribution in [1.82, 2.24) is 15.5 Å². The monoisotopic (exact) mass is 380 g/mol. The quantitative estimate of drug-likeness (QED) is 0.543. The van der Waals surface area contributed by atoms with E-state index in [2.05, 4.69) is 46.8 Å². The van der Waals surface area contributed by atoms with Crippen LogP contribution in [-0.2, 0) is 6.54 Å². The lowest BCUT2D eigenvalue weighted by Crippen LogP contribution is -2.38. The lowest BCUT2D eigenvalue weighted by Gasteiger charge is -2.19. The van der Waals surface area contributed by atoms with Crippen LogP contribution in [0.15, 0.2) is 59.6 Å². The average Bonchev–Trinajstić information content (AvgIpc) is 2.75. The molecule has 0 bridgehead atoms. The minimum atomic E-state index is 0.0804. The molecule has 0 heterocycles. The smallest absolute Gasteiger partial charge is 0.253 e. The lowest BCUT2D eigenvalue weighted by molar-refractivity contribution is 0.0773. The maximum absolute atomic E-state index is 12.4. The Morgan fingerprint density at radius 3 is 2.21 bits per heavy atom. The number of nitrogens with one attached hydrogen (secondary N) is 2. The van der Waals surface area contributed by atoms with Crippen LogP contribution < -0.4 is 10.6 Å². The second kappa shape index (κ2) is 11.1. The van der Waals surface area contributed by atoms with E-state index in [1.165, 1.54) is 5.56 Å². The summed E-state index contributed by atoms with van der Waals surface area (Å²) in [5.41, 5.74) is 3.14. The number of carbonyl (C=O) groups excluding carboxylic acids is 1. The molecule has 2 N–H and O–H groups in total. The van der Waals surface area contributed by atoms with Crippen molar-refractivity contribution in [1.29, 1.82) is 0 Å². The van der Waals surface area contributed by atoms with Crippen LogP contribution in [0.25, 0.3) is 0 Å². The highest BCUT2D eigenvalue weighted by Gasteiger charge is 2.12. The standard InChI is InChI=1S/C23H32N4O/c1-5-27(6-2)22(28)21-14-12-19(13-15-21)17-26-23(24-4)25-16-18(3)20-10-8-7-9-11-20/h7-15,18H,5-6,16-17H2,1-4H3,(H2,24,25,26). The molecule has 5 nitrogen and oxygen atoms in total. The van der Waals surface area contributed by atoms with Crippen LogP contribution in [0.3, 0.4) is 0 Å². The van der Waals surface area contributed by atoms with Gasteiger partial charge in [0.1, 0.15) is 0 Å². The second-order valence-electron chi connectivity index (χ2n) is 6.79. The lowest BCUT2D eigenvalue weighted by atomic mass is 10.0. The summed E-state index contributed by atoms with van der Waals surface area (Å²) in [4.78, 5) is 18.5. The zero-order valence-electron chi connectivity index (χ0n) is 17.4. The Labute approximate surface area is 168 Å². The number of guanidine groups is 1. The number of benzene rings is 2. The first kappa shape index (κ1) is 21.5. The van der Waals surface area contributed by atoms with E-state index in [1.807, 2.05) is 49.1 Å². The Hall–Kier alpha value is -2.82. The van der Waals surface area contributed by atoms with Crippen molar-refractivity contribution in [2.24, 2.45) is 4.99 Å². The molecule has 0 aliphatic carbocycles. The summed E-state index contributed by atoms with van der Waals surface area (Å²) in [6.07, 6.45) is 0. The molecular weight excluding hydrogens is 348 g/mol. The zero-order chi connectivity index (χ0) is 20.4. The van der Waals surface area contributed by atoms with Crippen molar-refractivity contribution < 1.29 is 4.79 Å². The van der Waals surface area contributed by atoms with Gasteiger partial charge in [0.15, 0.2) is 5.96 Å². The van der Waals surface area contributed by atoms with E-state index in [0.717, 1.165) is 36.7 Å². The van der Waals surface area contributed by atoms with Gasteiger partial charge in [0.05, 0.1) is 0 Å². The summed E-state index contributed by atoms with van der Waals surface area (Å²) in [5, 5.41) is 6.71. The normalized spacial score (nSPS) is 12.4.